The van der Waals surface area contributed by atoms with Crippen molar-refractivity contribution in [2.75, 3.05) is 0 Å². The molecule has 1 N–H and O–H groups in total. The van der Waals surface area contributed by atoms with E-state index >= 15 is 0 Å². The van der Waals surface area contributed by atoms with Gasteiger partial charge < -0.3 is 5.11 Å². The van der Waals surface area contributed by atoms with Crippen LogP contribution in [-0.2, 0) is 4.79 Å². The number of aliphatic carboxylic acids is 1. The van der Waals surface area contributed by atoms with Crippen molar-refractivity contribution in [3.63, 3.8) is 0 Å². The lowest BCUT2D eigenvalue weighted by atomic mass is 9.92. The second-order valence-corrected chi connectivity index (χ2v) is 4.64. The molecule has 1 atom stereocenters. The van der Waals surface area contributed by atoms with Crippen LogP contribution < -0.4 is 0 Å². The van der Waals surface area contributed by atoms with Gasteiger partial charge in [-0.3, -0.25) is 4.79 Å². The Hall–Kier alpha value is -0.180. The molecule has 11 heavy (non-hydrogen) atoms. The zero-order valence-electron chi connectivity index (χ0n) is 7.29. The highest BCUT2D eigenvalue weighted by molar-refractivity contribution is 7.81. The smallest absolute Gasteiger partial charge is 0.303 e. The zero-order valence-corrected chi connectivity index (χ0v) is 8.19. The molecule has 0 aromatic rings. The normalized spacial score (nSPS) is 14.5. The highest BCUT2D eigenvalue weighted by atomic mass is 32.1. The lowest BCUT2D eigenvalue weighted by Gasteiger charge is -2.25. The van der Waals surface area contributed by atoms with Crippen LogP contribution in [0.25, 0.3) is 0 Å². The maximum atomic E-state index is 10.2. The van der Waals surface area contributed by atoms with E-state index in [2.05, 4.69) is 12.6 Å². The Morgan fingerprint density at radius 2 is 2.09 bits per heavy atom. The number of thiol groups is 1. The molecule has 0 fully saturated rings. The molecule has 0 aliphatic rings. The molecule has 0 saturated carbocycles. The summed E-state index contributed by atoms with van der Waals surface area (Å²) in [6.45, 7) is 6.03. The number of rotatable bonds is 4. The summed E-state index contributed by atoms with van der Waals surface area (Å²) in [5, 5.41) is 8.40. The quantitative estimate of drug-likeness (QED) is 0.644. The van der Waals surface area contributed by atoms with E-state index in [9.17, 15) is 4.79 Å². The van der Waals surface area contributed by atoms with E-state index in [1.54, 1.807) is 0 Å². The minimum atomic E-state index is -0.727. The van der Waals surface area contributed by atoms with Crippen LogP contribution in [0.5, 0.6) is 0 Å². The summed E-state index contributed by atoms with van der Waals surface area (Å²) in [5.74, 6) is -0.392. The fraction of sp³-hybridized carbons (Fsp3) is 0.875. The summed E-state index contributed by atoms with van der Waals surface area (Å²) in [5.41, 5.74) is 0. The predicted octanol–water partition coefficient (Wildman–Crippen LogP) is 2.20. The SMILES string of the molecule is CC(CCC(=O)O)C(C)(C)S. The van der Waals surface area contributed by atoms with E-state index in [0.29, 0.717) is 12.3 Å². The van der Waals surface area contributed by atoms with Crippen molar-refractivity contribution in [1.29, 1.82) is 0 Å². The highest BCUT2D eigenvalue weighted by Gasteiger charge is 2.21. The molecule has 0 heterocycles. The minimum absolute atomic E-state index is 0.0740. The monoisotopic (exact) mass is 176 g/mol. The average Bonchev–Trinajstić information content (AvgIpc) is 1.80. The van der Waals surface area contributed by atoms with Crippen LogP contribution in [0, 0.1) is 5.92 Å². The molecule has 0 aliphatic heterocycles. The maximum absolute atomic E-state index is 10.2. The van der Waals surface area contributed by atoms with Gasteiger partial charge in [0.05, 0.1) is 0 Å². The topological polar surface area (TPSA) is 37.3 Å². The maximum Gasteiger partial charge on any atom is 0.303 e. The molecule has 0 aromatic heterocycles. The summed E-state index contributed by atoms with van der Waals surface area (Å²) in [6.07, 6.45) is 0.941. The molecule has 0 saturated heterocycles. The van der Waals surface area contributed by atoms with E-state index in [4.69, 9.17) is 5.11 Å². The van der Waals surface area contributed by atoms with Gasteiger partial charge in [-0.2, -0.15) is 12.6 Å². The van der Waals surface area contributed by atoms with Gasteiger partial charge in [-0.05, 0) is 12.3 Å². The highest BCUT2D eigenvalue weighted by Crippen LogP contribution is 2.26. The van der Waals surface area contributed by atoms with Crippen LogP contribution in [0.4, 0.5) is 0 Å². The third-order valence-corrected chi connectivity index (χ3v) is 2.44. The third-order valence-electron chi connectivity index (χ3n) is 2.00. The molecule has 2 nitrogen and oxygen atoms in total. The van der Waals surface area contributed by atoms with E-state index in [1.807, 2.05) is 20.8 Å². The molecule has 1 unspecified atom stereocenters. The van der Waals surface area contributed by atoms with Crippen molar-refractivity contribution in [3.05, 3.63) is 0 Å². The number of carboxylic acids is 1. The van der Waals surface area contributed by atoms with Gasteiger partial charge in [0, 0.05) is 11.2 Å². The van der Waals surface area contributed by atoms with E-state index in [1.165, 1.54) is 0 Å². The molecule has 0 aromatic carbocycles. The van der Waals surface area contributed by atoms with Crippen LogP contribution in [-0.4, -0.2) is 15.8 Å². The van der Waals surface area contributed by atoms with Crippen molar-refractivity contribution in [2.45, 2.75) is 38.4 Å². The van der Waals surface area contributed by atoms with Crippen LogP contribution >= 0.6 is 12.6 Å². The first-order valence-electron chi connectivity index (χ1n) is 3.78. The van der Waals surface area contributed by atoms with Gasteiger partial charge in [-0.25, -0.2) is 0 Å². The summed E-state index contributed by atoms with van der Waals surface area (Å²) in [4.78, 5) is 10.2. The number of carbonyl (C=O) groups is 1. The molecule has 0 amide bonds. The Kier molecular flexibility index (Phi) is 3.93. The summed E-state index contributed by atoms with van der Waals surface area (Å²) >= 11 is 4.36. The predicted molar refractivity (Wildman–Crippen MR) is 49.1 cm³/mol. The zero-order chi connectivity index (χ0) is 9.07. The fourth-order valence-electron chi connectivity index (χ4n) is 0.693. The van der Waals surface area contributed by atoms with Gasteiger partial charge in [0.25, 0.3) is 0 Å². The van der Waals surface area contributed by atoms with Gasteiger partial charge in [-0.1, -0.05) is 20.8 Å². The molecule has 3 heteroatoms. The largest absolute Gasteiger partial charge is 0.481 e. The van der Waals surface area contributed by atoms with Crippen molar-refractivity contribution in [3.8, 4) is 0 Å². The lowest BCUT2D eigenvalue weighted by molar-refractivity contribution is -0.137. The Morgan fingerprint density at radius 1 is 1.64 bits per heavy atom. The average molecular weight is 176 g/mol. The number of carboxylic acid groups (broad SMARTS) is 1. The Balaban J connectivity index is 3.70. The molecular formula is C8H16O2S. The first-order valence-corrected chi connectivity index (χ1v) is 4.23. The molecule has 0 rings (SSSR count). The molecule has 66 valence electrons. The Morgan fingerprint density at radius 3 is 2.36 bits per heavy atom. The van der Waals surface area contributed by atoms with Gasteiger partial charge in [0.1, 0.15) is 0 Å². The third kappa shape index (κ3) is 5.13. The van der Waals surface area contributed by atoms with Gasteiger partial charge in [0.2, 0.25) is 0 Å². The van der Waals surface area contributed by atoms with Gasteiger partial charge >= 0.3 is 5.97 Å². The fourth-order valence-corrected chi connectivity index (χ4v) is 0.822. The van der Waals surface area contributed by atoms with Crippen LogP contribution in [0.3, 0.4) is 0 Å². The first-order chi connectivity index (χ1) is 4.84. The van der Waals surface area contributed by atoms with E-state index in [-0.39, 0.29) is 11.2 Å². The number of hydrogen-bond acceptors (Lipinski definition) is 2. The van der Waals surface area contributed by atoms with E-state index < -0.39 is 5.97 Å². The Bertz CT molecular complexity index is 138. The van der Waals surface area contributed by atoms with Crippen molar-refractivity contribution in [2.24, 2.45) is 5.92 Å². The standard InChI is InChI=1S/C8H16O2S/c1-6(8(2,3)11)4-5-7(9)10/h6,11H,4-5H2,1-3H3,(H,9,10). The summed E-state index contributed by atoms with van der Waals surface area (Å²) in [7, 11) is 0. The van der Waals surface area contributed by atoms with E-state index in [0.717, 1.165) is 0 Å². The molecule has 0 spiro atoms. The summed E-state index contributed by atoms with van der Waals surface area (Å²) in [6, 6.07) is 0. The molecular weight excluding hydrogens is 160 g/mol. The van der Waals surface area contributed by atoms with Crippen molar-refractivity contribution in [1.82, 2.24) is 0 Å². The van der Waals surface area contributed by atoms with Gasteiger partial charge in [0.15, 0.2) is 0 Å². The minimum Gasteiger partial charge on any atom is -0.481 e. The second kappa shape index (κ2) is 4.00. The Labute approximate surface area is 73.4 Å². The van der Waals surface area contributed by atoms with Crippen molar-refractivity contribution < 1.29 is 9.90 Å². The van der Waals surface area contributed by atoms with Gasteiger partial charge in [-0.15, -0.1) is 0 Å². The van der Waals surface area contributed by atoms with Crippen LogP contribution in [0.1, 0.15) is 33.6 Å². The summed E-state index contributed by atoms with van der Waals surface area (Å²) < 4.78 is -0.0740. The molecule has 0 aliphatic carbocycles. The lowest BCUT2D eigenvalue weighted by Crippen LogP contribution is -2.22. The molecule has 0 bridgehead atoms. The first kappa shape index (κ1) is 10.8. The van der Waals surface area contributed by atoms with Crippen molar-refractivity contribution >= 4 is 18.6 Å². The second-order valence-electron chi connectivity index (χ2n) is 3.49. The van der Waals surface area contributed by atoms with Crippen LogP contribution in [0.2, 0.25) is 0 Å². The molecule has 0 radical (unpaired) electrons. The number of hydrogen-bond donors (Lipinski definition) is 2. The van der Waals surface area contributed by atoms with Crippen LogP contribution in [0.15, 0.2) is 0 Å².